The predicted octanol–water partition coefficient (Wildman–Crippen LogP) is 2.62. The van der Waals surface area contributed by atoms with Crippen LogP contribution in [0.15, 0.2) is 42.3 Å². The molecule has 0 unspecified atom stereocenters. The van der Waals surface area contributed by atoms with Crippen LogP contribution in [0.4, 0.5) is 0 Å². The smallest absolute Gasteiger partial charge is 0.230 e. The molecule has 0 aliphatic carbocycles. The number of hydrogen-bond donors (Lipinski definition) is 1. The second-order valence-corrected chi connectivity index (χ2v) is 5.65. The summed E-state index contributed by atoms with van der Waals surface area (Å²) in [5.74, 6) is 0.197. The van der Waals surface area contributed by atoms with Gasteiger partial charge in [-0.15, -0.1) is 16.8 Å². The van der Waals surface area contributed by atoms with Gasteiger partial charge in [0.1, 0.15) is 6.33 Å². The Hall–Kier alpha value is -1.79. The molecule has 1 amide bonds. The van der Waals surface area contributed by atoms with Gasteiger partial charge in [0.2, 0.25) is 5.91 Å². The standard InChI is InChI=1S/C14H15ClN4OS/c1-3-6-16-13(20)8-21-14-18-17-9-19(14)11-5-4-10(2)12(15)7-11/h3-5,7,9H,1,6,8H2,2H3,(H,16,20). The van der Waals surface area contributed by atoms with Gasteiger partial charge in [-0.3, -0.25) is 9.36 Å². The molecule has 1 aromatic heterocycles. The van der Waals surface area contributed by atoms with Crippen molar-refractivity contribution in [2.45, 2.75) is 12.1 Å². The molecule has 0 radical (unpaired) electrons. The molecule has 0 saturated heterocycles. The van der Waals surface area contributed by atoms with E-state index in [9.17, 15) is 4.79 Å². The van der Waals surface area contributed by atoms with Gasteiger partial charge in [-0.25, -0.2) is 0 Å². The van der Waals surface area contributed by atoms with Gasteiger partial charge in [0.05, 0.1) is 11.4 Å². The molecule has 1 N–H and O–H groups in total. The van der Waals surface area contributed by atoms with Crippen molar-refractivity contribution < 1.29 is 4.79 Å². The first kappa shape index (κ1) is 15.6. The summed E-state index contributed by atoms with van der Waals surface area (Å²) in [7, 11) is 0. The highest BCUT2D eigenvalue weighted by molar-refractivity contribution is 7.99. The summed E-state index contributed by atoms with van der Waals surface area (Å²) in [6.45, 7) is 5.95. The van der Waals surface area contributed by atoms with E-state index in [1.54, 1.807) is 17.0 Å². The number of hydrogen-bond acceptors (Lipinski definition) is 4. The van der Waals surface area contributed by atoms with Crippen LogP contribution in [0.1, 0.15) is 5.56 Å². The van der Waals surface area contributed by atoms with E-state index in [2.05, 4.69) is 22.1 Å². The van der Waals surface area contributed by atoms with E-state index in [1.165, 1.54) is 11.8 Å². The molecule has 0 aliphatic rings. The number of benzene rings is 1. The van der Waals surface area contributed by atoms with E-state index in [-0.39, 0.29) is 11.7 Å². The number of halogens is 1. The fraction of sp³-hybridized carbons (Fsp3) is 0.214. The van der Waals surface area contributed by atoms with Crippen molar-refractivity contribution in [2.24, 2.45) is 0 Å². The van der Waals surface area contributed by atoms with E-state index in [1.807, 2.05) is 25.1 Å². The van der Waals surface area contributed by atoms with Crippen LogP contribution >= 0.6 is 23.4 Å². The number of aromatic nitrogens is 3. The summed E-state index contributed by atoms with van der Waals surface area (Å²) in [5.41, 5.74) is 1.87. The van der Waals surface area contributed by atoms with Gasteiger partial charge in [0, 0.05) is 11.6 Å². The number of nitrogens with one attached hydrogen (secondary N) is 1. The van der Waals surface area contributed by atoms with Crippen molar-refractivity contribution in [3.63, 3.8) is 0 Å². The van der Waals surface area contributed by atoms with Crippen LogP contribution in [0.3, 0.4) is 0 Å². The van der Waals surface area contributed by atoms with Gasteiger partial charge in [0.15, 0.2) is 5.16 Å². The topological polar surface area (TPSA) is 59.8 Å². The molecule has 0 fully saturated rings. The number of aryl methyl sites for hydroxylation is 1. The van der Waals surface area contributed by atoms with Crippen LogP contribution in [-0.4, -0.2) is 33.0 Å². The Kier molecular flexibility index (Phi) is 5.41. The number of carbonyl (C=O) groups is 1. The molecule has 0 spiro atoms. The average Bonchev–Trinajstić information content (AvgIpc) is 2.94. The monoisotopic (exact) mass is 322 g/mol. The Balaban J connectivity index is 2.09. The van der Waals surface area contributed by atoms with E-state index in [0.717, 1.165) is 11.3 Å². The molecule has 0 saturated carbocycles. The largest absolute Gasteiger partial charge is 0.352 e. The minimum atomic E-state index is -0.0728. The number of thioether (sulfide) groups is 1. The van der Waals surface area contributed by atoms with Crippen LogP contribution in [-0.2, 0) is 4.79 Å². The molecule has 2 aromatic rings. The third-order valence-electron chi connectivity index (χ3n) is 2.73. The first-order valence-electron chi connectivity index (χ1n) is 6.28. The maximum Gasteiger partial charge on any atom is 0.230 e. The molecule has 0 bridgehead atoms. The normalized spacial score (nSPS) is 10.4. The average molecular weight is 323 g/mol. The van der Waals surface area contributed by atoms with Crippen LogP contribution in [0.2, 0.25) is 5.02 Å². The van der Waals surface area contributed by atoms with Gasteiger partial charge in [-0.1, -0.05) is 35.5 Å². The van der Waals surface area contributed by atoms with Crippen LogP contribution in [0.25, 0.3) is 5.69 Å². The first-order valence-corrected chi connectivity index (χ1v) is 7.65. The molecule has 7 heteroatoms. The summed E-state index contributed by atoms with van der Waals surface area (Å²) >= 11 is 7.45. The minimum Gasteiger partial charge on any atom is -0.352 e. The second-order valence-electron chi connectivity index (χ2n) is 4.30. The maximum atomic E-state index is 11.6. The third-order valence-corrected chi connectivity index (χ3v) is 4.08. The van der Waals surface area contributed by atoms with E-state index in [4.69, 9.17) is 11.6 Å². The molecule has 5 nitrogen and oxygen atoms in total. The molecule has 1 heterocycles. The van der Waals surface area contributed by atoms with Gasteiger partial charge >= 0.3 is 0 Å². The first-order chi connectivity index (χ1) is 10.1. The van der Waals surface area contributed by atoms with Gasteiger partial charge < -0.3 is 5.32 Å². The predicted molar refractivity (Wildman–Crippen MR) is 85.0 cm³/mol. The van der Waals surface area contributed by atoms with Crippen molar-refractivity contribution in [1.29, 1.82) is 0 Å². The fourth-order valence-corrected chi connectivity index (χ4v) is 2.53. The molecule has 2 rings (SSSR count). The molecule has 0 aliphatic heterocycles. The maximum absolute atomic E-state index is 11.6. The molecular weight excluding hydrogens is 308 g/mol. The van der Waals surface area contributed by atoms with Gasteiger partial charge in [-0.05, 0) is 24.6 Å². The van der Waals surface area contributed by atoms with Gasteiger partial charge in [0.25, 0.3) is 0 Å². The Morgan fingerprint density at radius 3 is 3.10 bits per heavy atom. The lowest BCUT2D eigenvalue weighted by molar-refractivity contribution is -0.118. The van der Waals surface area contributed by atoms with Crippen LogP contribution < -0.4 is 5.32 Å². The van der Waals surface area contributed by atoms with Crippen molar-refractivity contribution in [3.05, 3.63) is 47.8 Å². The van der Waals surface area contributed by atoms with E-state index >= 15 is 0 Å². The highest BCUT2D eigenvalue weighted by Gasteiger charge is 2.10. The Bertz CT molecular complexity index is 656. The van der Waals surface area contributed by atoms with Crippen LogP contribution in [0.5, 0.6) is 0 Å². The number of rotatable bonds is 6. The summed E-state index contributed by atoms with van der Waals surface area (Å²) in [4.78, 5) is 11.6. The lowest BCUT2D eigenvalue weighted by Crippen LogP contribution is -2.25. The van der Waals surface area contributed by atoms with Crippen molar-refractivity contribution >= 4 is 29.3 Å². The van der Waals surface area contributed by atoms with E-state index in [0.29, 0.717) is 16.7 Å². The number of amides is 1. The summed E-state index contributed by atoms with van der Waals surface area (Å²) in [6, 6.07) is 5.72. The van der Waals surface area contributed by atoms with Crippen molar-refractivity contribution in [2.75, 3.05) is 12.3 Å². The number of nitrogens with zero attached hydrogens (tertiary/aromatic N) is 3. The lowest BCUT2D eigenvalue weighted by Gasteiger charge is -2.07. The fourth-order valence-electron chi connectivity index (χ4n) is 1.60. The van der Waals surface area contributed by atoms with E-state index < -0.39 is 0 Å². The SMILES string of the molecule is C=CCNC(=O)CSc1nncn1-c1ccc(C)c(Cl)c1. The van der Waals surface area contributed by atoms with Crippen molar-refractivity contribution in [3.8, 4) is 5.69 Å². The zero-order valence-corrected chi connectivity index (χ0v) is 13.1. The Morgan fingerprint density at radius 2 is 2.38 bits per heavy atom. The van der Waals surface area contributed by atoms with Crippen molar-refractivity contribution in [1.82, 2.24) is 20.1 Å². The minimum absolute atomic E-state index is 0.0728. The highest BCUT2D eigenvalue weighted by Crippen LogP contribution is 2.23. The molecular formula is C14H15ClN4OS. The number of carbonyl (C=O) groups excluding carboxylic acids is 1. The molecule has 1 aromatic carbocycles. The summed E-state index contributed by atoms with van der Waals surface area (Å²) < 4.78 is 1.80. The van der Waals surface area contributed by atoms with Gasteiger partial charge in [-0.2, -0.15) is 0 Å². The molecule has 110 valence electrons. The quantitative estimate of drug-likeness (QED) is 0.656. The second kappa shape index (κ2) is 7.28. The molecule has 21 heavy (non-hydrogen) atoms. The Morgan fingerprint density at radius 1 is 1.57 bits per heavy atom. The Labute approximate surface area is 132 Å². The molecule has 0 atom stereocenters. The third kappa shape index (κ3) is 4.09. The lowest BCUT2D eigenvalue weighted by atomic mass is 10.2. The van der Waals surface area contributed by atoms with Crippen LogP contribution in [0, 0.1) is 6.92 Å². The zero-order valence-electron chi connectivity index (χ0n) is 11.5. The highest BCUT2D eigenvalue weighted by atomic mass is 35.5. The zero-order chi connectivity index (χ0) is 15.2. The summed E-state index contributed by atoms with van der Waals surface area (Å²) in [6.07, 6.45) is 3.24. The summed E-state index contributed by atoms with van der Waals surface area (Å²) in [5, 5.41) is 12.0.